The summed E-state index contributed by atoms with van der Waals surface area (Å²) in [5, 5.41) is 0. The maximum absolute atomic E-state index is 13.0. The van der Waals surface area contributed by atoms with E-state index in [1.165, 1.54) is 37.6 Å². The first-order valence-corrected chi connectivity index (χ1v) is 9.47. The largest absolute Gasteiger partial charge is 0.399 e. The number of hydrogen-bond acceptors (Lipinski definition) is 7. The quantitative estimate of drug-likeness (QED) is 0.436. The zero-order valence-corrected chi connectivity index (χ0v) is 15.3. The molecule has 3 rings (SSSR count). The Bertz CT molecular complexity index is 1040. The van der Waals surface area contributed by atoms with Crippen molar-refractivity contribution in [2.24, 2.45) is 0 Å². The van der Waals surface area contributed by atoms with Gasteiger partial charge >= 0.3 is 0 Å². The standard InChI is InChI=1S/C18H19N5O3S/c1-26-18(12-5-3-2-4-6-12)23-27(24,25)15-8-7-13(19)11-14(15)17-21-10-9-16(20)22-17/h2-11,18,23H,19H2,1H3,(H2,20,21,22). The summed E-state index contributed by atoms with van der Waals surface area (Å²) in [6.07, 6.45) is 0.593. The van der Waals surface area contributed by atoms with Crippen LogP contribution in [0, 0.1) is 0 Å². The average Bonchev–Trinajstić information content (AvgIpc) is 2.66. The van der Waals surface area contributed by atoms with E-state index in [0.29, 0.717) is 11.3 Å². The van der Waals surface area contributed by atoms with Crippen molar-refractivity contribution in [3.8, 4) is 11.4 Å². The normalized spacial score (nSPS) is 12.6. The lowest BCUT2D eigenvalue weighted by Gasteiger charge is -2.19. The van der Waals surface area contributed by atoms with Crippen LogP contribution >= 0.6 is 0 Å². The number of nitrogen functional groups attached to an aromatic ring is 2. The van der Waals surface area contributed by atoms with Crippen LogP contribution in [0.2, 0.25) is 0 Å². The minimum Gasteiger partial charge on any atom is -0.399 e. The minimum absolute atomic E-state index is 0.0275. The molecule has 27 heavy (non-hydrogen) atoms. The summed E-state index contributed by atoms with van der Waals surface area (Å²) in [6.45, 7) is 0. The number of sulfonamides is 1. The van der Waals surface area contributed by atoms with Gasteiger partial charge in [-0.15, -0.1) is 0 Å². The van der Waals surface area contributed by atoms with Crippen molar-refractivity contribution >= 4 is 21.5 Å². The molecule has 1 atom stereocenters. The zero-order valence-electron chi connectivity index (χ0n) is 14.5. The van der Waals surface area contributed by atoms with E-state index >= 15 is 0 Å². The molecule has 0 aliphatic heterocycles. The number of aromatic nitrogens is 2. The second kappa shape index (κ2) is 7.70. The van der Waals surface area contributed by atoms with Crippen molar-refractivity contribution in [2.45, 2.75) is 11.1 Å². The van der Waals surface area contributed by atoms with Gasteiger partial charge in [-0.2, -0.15) is 4.72 Å². The van der Waals surface area contributed by atoms with Gasteiger partial charge in [0.15, 0.2) is 5.82 Å². The van der Waals surface area contributed by atoms with E-state index in [4.69, 9.17) is 16.2 Å². The predicted octanol–water partition coefficient (Wildman–Crippen LogP) is 1.93. The fourth-order valence-corrected chi connectivity index (χ4v) is 3.87. The second-order valence-electron chi connectivity index (χ2n) is 5.71. The van der Waals surface area contributed by atoms with Gasteiger partial charge in [0.1, 0.15) is 12.0 Å². The first kappa shape index (κ1) is 18.8. The third kappa shape index (κ3) is 4.22. The summed E-state index contributed by atoms with van der Waals surface area (Å²) in [6, 6.07) is 14.9. The van der Waals surface area contributed by atoms with E-state index in [9.17, 15) is 8.42 Å². The molecule has 0 saturated carbocycles. The van der Waals surface area contributed by atoms with E-state index in [1.807, 2.05) is 6.07 Å². The predicted molar refractivity (Wildman–Crippen MR) is 103 cm³/mol. The molecular weight excluding hydrogens is 366 g/mol. The van der Waals surface area contributed by atoms with Gasteiger partial charge in [-0.25, -0.2) is 18.4 Å². The van der Waals surface area contributed by atoms with Gasteiger partial charge in [0.05, 0.1) is 4.90 Å². The Morgan fingerprint density at radius 2 is 1.81 bits per heavy atom. The fraction of sp³-hybridized carbons (Fsp3) is 0.111. The molecule has 3 aromatic rings. The first-order chi connectivity index (χ1) is 12.9. The Hall–Kier alpha value is -3.01. The van der Waals surface area contributed by atoms with Gasteiger partial charge in [-0.1, -0.05) is 30.3 Å². The molecule has 1 unspecified atom stereocenters. The lowest BCUT2D eigenvalue weighted by atomic mass is 10.2. The van der Waals surface area contributed by atoms with Crippen LogP contribution in [0.4, 0.5) is 11.5 Å². The molecule has 0 radical (unpaired) electrons. The Labute approximate surface area is 157 Å². The lowest BCUT2D eigenvalue weighted by Crippen LogP contribution is -2.30. The van der Waals surface area contributed by atoms with Gasteiger partial charge in [0.2, 0.25) is 10.0 Å². The number of anilines is 2. The Kier molecular flexibility index (Phi) is 5.36. The van der Waals surface area contributed by atoms with Crippen LogP contribution in [0.15, 0.2) is 65.7 Å². The maximum atomic E-state index is 13.0. The Balaban J connectivity index is 2.04. The van der Waals surface area contributed by atoms with Gasteiger partial charge in [0.25, 0.3) is 0 Å². The minimum atomic E-state index is -3.98. The van der Waals surface area contributed by atoms with E-state index in [2.05, 4.69) is 14.7 Å². The molecular formula is C18H19N5O3S. The summed E-state index contributed by atoms with van der Waals surface area (Å²) in [7, 11) is -2.56. The molecule has 1 heterocycles. The van der Waals surface area contributed by atoms with Crippen LogP contribution < -0.4 is 16.2 Å². The Morgan fingerprint density at radius 1 is 1.07 bits per heavy atom. The van der Waals surface area contributed by atoms with E-state index in [0.717, 1.165) is 0 Å². The van der Waals surface area contributed by atoms with Crippen molar-refractivity contribution in [1.82, 2.24) is 14.7 Å². The lowest BCUT2D eigenvalue weighted by molar-refractivity contribution is 0.0941. The molecule has 1 aromatic heterocycles. The molecule has 0 saturated heterocycles. The highest BCUT2D eigenvalue weighted by Crippen LogP contribution is 2.28. The number of benzene rings is 2. The molecule has 140 valence electrons. The number of nitrogens with two attached hydrogens (primary N) is 2. The highest BCUT2D eigenvalue weighted by Gasteiger charge is 2.25. The van der Waals surface area contributed by atoms with E-state index in [1.54, 1.807) is 24.3 Å². The van der Waals surface area contributed by atoms with Gasteiger partial charge in [-0.05, 0) is 29.8 Å². The number of rotatable bonds is 6. The summed E-state index contributed by atoms with van der Waals surface area (Å²) >= 11 is 0. The number of hydrogen-bond donors (Lipinski definition) is 3. The van der Waals surface area contributed by atoms with Gasteiger partial charge in [-0.3, -0.25) is 0 Å². The summed E-state index contributed by atoms with van der Waals surface area (Å²) in [5.41, 5.74) is 12.8. The molecule has 0 bridgehead atoms. The van der Waals surface area contributed by atoms with Crippen molar-refractivity contribution in [3.63, 3.8) is 0 Å². The van der Waals surface area contributed by atoms with E-state index < -0.39 is 16.3 Å². The van der Waals surface area contributed by atoms with Crippen molar-refractivity contribution < 1.29 is 13.2 Å². The van der Waals surface area contributed by atoms with Gasteiger partial charge < -0.3 is 16.2 Å². The van der Waals surface area contributed by atoms with Crippen LogP contribution in [0.3, 0.4) is 0 Å². The summed E-state index contributed by atoms with van der Waals surface area (Å²) in [5.74, 6) is 0.383. The van der Waals surface area contributed by atoms with Crippen LogP contribution in [0.25, 0.3) is 11.4 Å². The third-order valence-corrected chi connectivity index (χ3v) is 5.27. The van der Waals surface area contributed by atoms with Crippen molar-refractivity contribution in [3.05, 3.63) is 66.4 Å². The second-order valence-corrected chi connectivity index (χ2v) is 7.39. The smallest absolute Gasteiger partial charge is 0.243 e. The average molecular weight is 385 g/mol. The molecule has 9 heteroatoms. The zero-order chi connectivity index (χ0) is 19.4. The molecule has 0 fully saturated rings. The Morgan fingerprint density at radius 3 is 2.48 bits per heavy atom. The molecule has 0 aliphatic rings. The molecule has 0 spiro atoms. The first-order valence-electron chi connectivity index (χ1n) is 7.99. The monoisotopic (exact) mass is 385 g/mol. The number of methoxy groups -OCH3 is 1. The van der Waals surface area contributed by atoms with Crippen LogP contribution in [0.5, 0.6) is 0 Å². The molecule has 0 aliphatic carbocycles. The molecule has 5 N–H and O–H groups in total. The van der Waals surface area contributed by atoms with Crippen LogP contribution in [-0.4, -0.2) is 25.5 Å². The number of nitrogens with zero attached hydrogens (tertiary/aromatic N) is 2. The molecule has 2 aromatic carbocycles. The number of nitrogens with one attached hydrogen (secondary N) is 1. The highest BCUT2D eigenvalue weighted by atomic mass is 32.2. The summed E-state index contributed by atoms with van der Waals surface area (Å²) in [4.78, 5) is 8.19. The number of ether oxygens (including phenoxy) is 1. The highest BCUT2D eigenvalue weighted by molar-refractivity contribution is 7.89. The SMILES string of the molecule is COC(NS(=O)(=O)c1ccc(N)cc1-c1nccc(N)n1)c1ccccc1. The van der Waals surface area contributed by atoms with Gasteiger partial charge in [0, 0.05) is 24.6 Å². The van der Waals surface area contributed by atoms with Crippen molar-refractivity contribution in [2.75, 3.05) is 18.6 Å². The van der Waals surface area contributed by atoms with Crippen LogP contribution in [0.1, 0.15) is 11.8 Å². The van der Waals surface area contributed by atoms with Crippen LogP contribution in [-0.2, 0) is 14.8 Å². The molecule has 8 nitrogen and oxygen atoms in total. The van der Waals surface area contributed by atoms with E-state index in [-0.39, 0.29) is 22.1 Å². The third-order valence-electron chi connectivity index (χ3n) is 3.81. The maximum Gasteiger partial charge on any atom is 0.243 e. The molecule has 0 amide bonds. The fourth-order valence-electron chi connectivity index (χ4n) is 2.54. The summed E-state index contributed by atoms with van der Waals surface area (Å²) < 4.78 is 34.0. The van der Waals surface area contributed by atoms with Crippen molar-refractivity contribution in [1.29, 1.82) is 0 Å². The topological polar surface area (TPSA) is 133 Å².